The zero-order chi connectivity index (χ0) is 33.0. The van der Waals surface area contributed by atoms with Gasteiger partial charge in [0.1, 0.15) is 0 Å². The number of hydrogen-bond donors (Lipinski definition) is 0. The number of nitrogens with zero attached hydrogens (tertiary/aromatic N) is 1. The largest absolute Gasteiger partial charge is 0.310 e. The first kappa shape index (κ1) is 37.4. The third kappa shape index (κ3) is 8.26. The lowest BCUT2D eigenvalue weighted by Gasteiger charge is -2.49. The summed E-state index contributed by atoms with van der Waals surface area (Å²) in [7, 11) is 0. The van der Waals surface area contributed by atoms with Gasteiger partial charge < -0.3 is 4.90 Å². The highest BCUT2D eigenvalue weighted by molar-refractivity contribution is 5.79. The summed E-state index contributed by atoms with van der Waals surface area (Å²) in [4.78, 5) is 2.26. The van der Waals surface area contributed by atoms with Gasteiger partial charge in [-0.05, 0) is 74.3 Å². The van der Waals surface area contributed by atoms with E-state index in [-0.39, 0.29) is 0 Å². The normalized spacial score (nSPS) is 17.9. The molecular weight excluding hydrogens is 530 g/mol. The van der Waals surface area contributed by atoms with E-state index < -0.39 is 5.41 Å². The van der Waals surface area contributed by atoms with E-state index in [9.17, 15) is 0 Å². The second kappa shape index (κ2) is 20.3. The van der Waals surface area contributed by atoms with Gasteiger partial charge in [-0.3, -0.25) is 0 Å². The van der Waals surface area contributed by atoms with Crippen LogP contribution in [0.15, 0.2) is 187 Å². The molecule has 0 saturated heterocycles. The number of allylic oxidation sites excluding steroid dienone is 11. The lowest BCUT2D eigenvalue weighted by Crippen LogP contribution is -2.43. The molecule has 3 aromatic carbocycles. The zero-order valence-corrected chi connectivity index (χ0v) is 28.3. The Bertz CT molecular complexity index is 1450. The minimum Gasteiger partial charge on any atom is -0.310 e. The fraction of sp³-hybridized carbons (Fsp3) is 0.209. The van der Waals surface area contributed by atoms with E-state index in [4.69, 9.17) is 0 Å². The molecule has 0 amide bonds. The van der Waals surface area contributed by atoms with Crippen molar-refractivity contribution in [1.82, 2.24) is 0 Å². The van der Waals surface area contributed by atoms with E-state index in [1.165, 1.54) is 22.3 Å². The third-order valence-corrected chi connectivity index (χ3v) is 7.06. The molecule has 1 heterocycles. The van der Waals surface area contributed by atoms with Crippen LogP contribution in [0.25, 0.3) is 0 Å². The van der Waals surface area contributed by atoms with Gasteiger partial charge in [0.2, 0.25) is 0 Å². The number of anilines is 1. The zero-order valence-electron chi connectivity index (χ0n) is 28.3. The van der Waals surface area contributed by atoms with E-state index in [1.54, 1.807) is 0 Å². The van der Waals surface area contributed by atoms with Crippen LogP contribution < -0.4 is 4.90 Å². The van der Waals surface area contributed by atoms with Crippen molar-refractivity contribution < 1.29 is 0 Å². The molecular formula is C43H53N. The molecule has 1 heteroatoms. The van der Waals surface area contributed by atoms with Gasteiger partial charge in [-0.25, -0.2) is 0 Å². The maximum atomic E-state index is 4.30. The maximum Gasteiger partial charge on any atom is 0.0735 e. The summed E-state index contributed by atoms with van der Waals surface area (Å²) in [5.41, 5.74) is 8.52. The average Bonchev–Trinajstić information content (AvgIpc) is 3.09. The number of hydrogen-bond acceptors (Lipinski definition) is 1. The van der Waals surface area contributed by atoms with Crippen molar-refractivity contribution in [3.05, 3.63) is 199 Å². The lowest BCUT2D eigenvalue weighted by atomic mass is 9.60. The molecule has 0 saturated carbocycles. The highest BCUT2D eigenvalue weighted by Gasteiger charge is 2.48. The summed E-state index contributed by atoms with van der Waals surface area (Å²) >= 11 is 0. The predicted molar refractivity (Wildman–Crippen MR) is 199 cm³/mol. The molecule has 0 spiro atoms. The molecule has 1 unspecified atom stereocenters. The molecule has 0 fully saturated rings. The van der Waals surface area contributed by atoms with Crippen molar-refractivity contribution in [3.8, 4) is 0 Å². The first-order valence-corrected chi connectivity index (χ1v) is 15.8. The van der Waals surface area contributed by atoms with E-state index in [0.29, 0.717) is 0 Å². The summed E-state index contributed by atoms with van der Waals surface area (Å²) in [5, 5.41) is 0. The molecule has 44 heavy (non-hydrogen) atoms. The molecule has 1 nitrogen and oxygen atoms in total. The highest BCUT2D eigenvalue weighted by Crippen LogP contribution is 2.55. The Morgan fingerprint density at radius 1 is 0.705 bits per heavy atom. The van der Waals surface area contributed by atoms with Crippen LogP contribution in [-0.4, -0.2) is 0 Å². The van der Waals surface area contributed by atoms with Gasteiger partial charge in [0, 0.05) is 5.69 Å². The first-order valence-electron chi connectivity index (χ1n) is 15.8. The molecule has 3 aromatic rings. The summed E-state index contributed by atoms with van der Waals surface area (Å²) in [6.45, 7) is 28.9. The van der Waals surface area contributed by atoms with Gasteiger partial charge >= 0.3 is 0 Å². The predicted octanol–water partition coefficient (Wildman–Crippen LogP) is 12.7. The molecule has 0 radical (unpaired) electrons. The summed E-state index contributed by atoms with van der Waals surface area (Å²) in [6, 6.07) is 31.3. The second-order valence-electron chi connectivity index (χ2n) is 9.38. The van der Waals surface area contributed by atoms with Crippen molar-refractivity contribution >= 4 is 5.69 Å². The third-order valence-electron chi connectivity index (χ3n) is 7.06. The monoisotopic (exact) mass is 583 g/mol. The van der Waals surface area contributed by atoms with Gasteiger partial charge in [-0.2, -0.15) is 0 Å². The van der Waals surface area contributed by atoms with E-state index in [1.807, 2.05) is 70.2 Å². The van der Waals surface area contributed by atoms with Gasteiger partial charge in [-0.1, -0.05) is 168 Å². The fourth-order valence-electron chi connectivity index (χ4n) is 5.48. The molecule has 1 aliphatic heterocycles. The molecule has 0 aliphatic carbocycles. The molecule has 0 aromatic heterocycles. The fourth-order valence-corrected chi connectivity index (χ4v) is 5.48. The van der Waals surface area contributed by atoms with Crippen LogP contribution >= 0.6 is 0 Å². The summed E-state index contributed by atoms with van der Waals surface area (Å²) in [6.07, 6.45) is 16.6. The summed E-state index contributed by atoms with van der Waals surface area (Å²) < 4.78 is 0. The Hall–Kier alpha value is -4.62. The van der Waals surface area contributed by atoms with Crippen LogP contribution in [-0.2, 0) is 5.41 Å². The smallest absolute Gasteiger partial charge is 0.0735 e. The summed E-state index contributed by atoms with van der Waals surface area (Å²) in [5.74, 6) is 0. The van der Waals surface area contributed by atoms with Crippen molar-refractivity contribution in [1.29, 1.82) is 0 Å². The molecule has 0 N–H and O–H groups in total. The first-order chi connectivity index (χ1) is 21.5. The van der Waals surface area contributed by atoms with Crippen molar-refractivity contribution in [2.24, 2.45) is 0 Å². The SMILES string of the molecule is C=C/C=C1\C(=C/C)C(C(/C=C\C)=C/C)(c2ccccc2)C(C=C)=C(C=C)N1c1ccccc1.CC.CC.Cc1ccccc1. The average molecular weight is 584 g/mol. The lowest BCUT2D eigenvalue weighted by molar-refractivity contribution is 0.688. The minimum atomic E-state index is -0.553. The van der Waals surface area contributed by atoms with E-state index >= 15 is 0 Å². The number of para-hydroxylation sites is 1. The van der Waals surface area contributed by atoms with Crippen LogP contribution in [0, 0.1) is 6.92 Å². The standard InChI is InChI=1S/C32H33N.C7H8.2C2H6/c1-7-19-25(9-3)32(26-21-15-13-16-22-26)28(10-4)30(12-6)33(27-23-17-14-18-24-27)31(20-8-2)29(32)11-5;1-7-5-3-2-4-6-7;2*1-2/h7-24H,2,4,6H2,1,3,5H3;2-6H,1H3;2*1-2H3/b19-7-,25-9+,29-11+,31-20+;;;. The van der Waals surface area contributed by atoms with Crippen molar-refractivity contribution in [2.45, 2.75) is 60.8 Å². The Morgan fingerprint density at radius 3 is 1.61 bits per heavy atom. The molecule has 1 aliphatic rings. The number of rotatable bonds is 7. The Labute approximate surface area is 269 Å². The van der Waals surface area contributed by atoms with E-state index in [0.717, 1.165) is 22.7 Å². The van der Waals surface area contributed by atoms with E-state index in [2.05, 4.69) is 149 Å². The minimum absolute atomic E-state index is 0.553. The van der Waals surface area contributed by atoms with Gasteiger partial charge in [-0.15, -0.1) is 0 Å². The van der Waals surface area contributed by atoms with Crippen LogP contribution in [0.1, 0.15) is 59.6 Å². The second-order valence-corrected chi connectivity index (χ2v) is 9.38. The quantitative estimate of drug-likeness (QED) is 0.250. The van der Waals surface area contributed by atoms with Crippen LogP contribution in [0.5, 0.6) is 0 Å². The van der Waals surface area contributed by atoms with Crippen LogP contribution in [0.2, 0.25) is 0 Å². The molecule has 0 bridgehead atoms. The highest BCUT2D eigenvalue weighted by atomic mass is 15.2. The van der Waals surface area contributed by atoms with Crippen molar-refractivity contribution in [2.75, 3.05) is 4.90 Å². The molecule has 4 rings (SSSR count). The van der Waals surface area contributed by atoms with Crippen LogP contribution in [0.4, 0.5) is 5.69 Å². The number of aryl methyl sites for hydroxylation is 1. The molecule has 1 atom stereocenters. The topological polar surface area (TPSA) is 3.24 Å². The van der Waals surface area contributed by atoms with Crippen molar-refractivity contribution in [3.63, 3.8) is 0 Å². The Balaban J connectivity index is 0.000000752. The van der Waals surface area contributed by atoms with Gasteiger partial charge in [0.05, 0.1) is 16.8 Å². The number of benzene rings is 3. The van der Waals surface area contributed by atoms with Crippen LogP contribution in [0.3, 0.4) is 0 Å². The maximum absolute atomic E-state index is 4.30. The van der Waals surface area contributed by atoms with Gasteiger partial charge in [0.15, 0.2) is 0 Å². The Kier molecular flexibility index (Phi) is 17.3. The molecule has 230 valence electrons. The van der Waals surface area contributed by atoms with Gasteiger partial charge in [0.25, 0.3) is 0 Å². The Morgan fingerprint density at radius 2 is 1.23 bits per heavy atom.